The third kappa shape index (κ3) is 5.64. The summed E-state index contributed by atoms with van der Waals surface area (Å²) in [5.74, 6) is 1.30. The molecule has 0 atom stereocenters. The molecular formula is C21H18Cl2N2O2. The van der Waals surface area contributed by atoms with Crippen molar-refractivity contribution in [2.45, 2.75) is 6.61 Å². The fraction of sp³-hybridized carbons (Fsp3) is 0.0952. The molecule has 4 nitrogen and oxygen atoms in total. The zero-order chi connectivity index (χ0) is 19.1. The highest BCUT2D eigenvalue weighted by Gasteiger charge is 2.06. The van der Waals surface area contributed by atoms with Crippen molar-refractivity contribution in [1.29, 1.82) is 0 Å². The summed E-state index contributed by atoms with van der Waals surface area (Å²) in [6, 6.07) is 20.5. The van der Waals surface area contributed by atoms with Crippen molar-refractivity contribution in [1.82, 2.24) is 0 Å². The van der Waals surface area contributed by atoms with Crippen LogP contribution in [0.3, 0.4) is 0 Å². The molecule has 3 aromatic rings. The van der Waals surface area contributed by atoms with Crippen molar-refractivity contribution in [3.05, 3.63) is 87.9 Å². The van der Waals surface area contributed by atoms with Crippen LogP contribution in [-0.2, 0) is 6.61 Å². The molecule has 0 aromatic heterocycles. The van der Waals surface area contributed by atoms with E-state index in [1.165, 1.54) is 0 Å². The molecule has 0 aliphatic heterocycles. The molecule has 0 fully saturated rings. The summed E-state index contributed by atoms with van der Waals surface area (Å²) in [5.41, 5.74) is 5.71. The van der Waals surface area contributed by atoms with Gasteiger partial charge in [0, 0.05) is 10.0 Å². The molecule has 1 N–H and O–H groups in total. The van der Waals surface area contributed by atoms with Crippen LogP contribution in [0.2, 0.25) is 10.0 Å². The Morgan fingerprint density at radius 2 is 1.56 bits per heavy atom. The molecule has 0 saturated heterocycles. The monoisotopic (exact) mass is 400 g/mol. The molecule has 138 valence electrons. The van der Waals surface area contributed by atoms with Gasteiger partial charge < -0.3 is 9.47 Å². The first kappa shape index (κ1) is 19.1. The van der Waals surface area contributed by atoms with E-state index in [1.807, 2.05) is 54.6 Å². The lowest BCUT2D eigenvalue weighted by Crippen LogP contribution is -1.98. The van der Waals surface area contributed by atoms with Crippen molar-refractivity contribution in [2.24, 2.45) is 5.10 Å². The predicted molar refractivity (Wildman–Crippen MR) is 111 cm³/mol. The van der Waals surface area contributed by atoms with Gasteiger partial charge in [-0.3, -0.25) is 5.43 Å². The summed E-state index contributed by atoms with van der Waals surface area (Å²) in [6.45, 7) is 0.430. The number of halogens is 2. The van der Waals surface area contributed by atoms with Gasteiger partial charge in [-0.15, -0.1) is 0 Å². The average Bonchev–Trinajstić information content (AvgIpc) is 2.69. The molecule has 3 rings (SSSR count). The molecule has 0 saturated carbocycles. The Labute approximate surface area is 168 Å². The molecule has 0 unspecified atom stereocenters. The molecule has 3 aromatic carbocycles. The molecule has 0 amide bonds. The standard InChI is InChI=1S/C21H18Cl2N2O2/c1-26-21-12-16(13-24-25-19-9-7-18(23)8-10-19)4-11-20(21)27-14-15-2-5-17(22)6-3-15/h2-13,25H,14H2,1H3/b24-13+. The normalized spacial score (nSPS) is 10.8. The first-order valence-corrected chi connectivity index (χ1v) is 8.99. The van der Waals surface area contributed by atoms with Crippen LogP contribution in [0.4, 0.5) is 5.69 Å². The highest BCUT2D eigenvalue weighted by molar-refractivity contribution is 6.30. The topological polar surface area (TPSA) is 42.8 Å². The maximum atomic E-state index is 5.90. The van der Waals surface area contributed by atoms with Crippen LogP contribution < -0.4 is 14.9 Å². The first-order chi connectivity index (χ1) is 13.1. The van der Waals surface area contributed by atoms with Crippen molar-refractivity contribution >= 4 is 35.1 Å². The largest absolute Gasteiger partial charge is 0.493 e. The van der Waals surface area contributed by atoms with Gasteiger partial charge >= 0.3 is 0 Å². The van der Waals surface area contributed by atoms with E-state index in [1.54, 1.807) is 25.5 Å². The summed E-state index contributed by atoms with van der Waals surface area (Å²) in [6.07, 6.45) is 1.71. The van der Waals surface area contributed by atoms with Crippen molar-refractivity contribution < 1.29 is 9.47 Å². The van der Waals surface area contributed by atoms with E-state index in [2.05, 4.69) is 10.5 Å². The lowest BCUT2D eigenvalue weighted by molar-refractivity contribution is 0.284. The van der Waals surface area contributed by atoms with E-state index >= 15 is 0 Å². The Bertz CT molecular complexity index is 910. The SMILES string of the molecule is COc1cc(/C=N/Nc2ccc(Cl)cc2)ccc1OCc1ccc(Cl)cc1. The smallest absolute Gasteiger partial charge is 0.161 e. The third-order valence-corrected chi connectivity index (χ3v) is 4.25. The van der Waals surface area contributed by atoms with E-state index in [0.29, 0.717) is 28.2 Å². The van der Waals surface area contributed by atoms with Gasteiger partial charge in [-0.05, 0) is 65.7 Å². The quantitative estimate of drug-likeness (QED) is 0.389. The number of hydrazone groups is 1. The number of ether oxygens (including phenoxy) is 2. The second-order valence-corrected chi connectivity index (χ2v) is 6.58. The molecule has 6 heteroatoms. The molecule has 0 aliphatic carbocycles. The van der Waals surface area contributed by atoms with Crippen LogP contribution >= 0.6 is 23.2 Å². The number of hydrogen-bond donors (Lipinski definition) is 1. The number of nitrogens with zero attached hydrogens (tertiary/aromatic N) is 1. The maximum absolute atomic E-state index is 5.90. The lowest BCUT2D eigenvalue weighted by atomic mass is 10.2. The van der Waals surface area contributed by atoms with Crippen molar-refractivity contribution in [3.63, 3.8) is 0 Å². The number of methoxy groups -OCH3 is 1. The van der Waals surface area contributed by atoms with Crippen LogP contribution in [0.1, 0.15) is 11.1 Å². The summed E-state index contributed by atoms with van der Waals surface area (Å²) in [7, 11) is 1.61. The van der Waals surface area contributed by atoms with Crippen LogP contribution in [0, 0.1) is 0 Å². The van der Waals surface area contributed by atoms with E-state index in [4.69, 9.17) is 32.7 Å². The van der Waals surface area contributed by atoms with Gasteiger partial charge in [0.25, 0.3) is 0 Å². The number of anilines is 1. The molecular weight excluding hydrogens is 383 g/mol. The van der Waals surface area contributed by atoms with Gasteiger partial charge in [-0.2, -0.15) is 5.10 Å². The Hall–Kier alpha value is -2.69. The minimum absolute atomic E-state index is 0.430. The zero-order valence-electron chi connectivity index (χ0n) is 14.7. The fourth-order valence-corrected chi connectivity index (χ4v) is 2.58. The Morgan fingerprint density at radius 1 is 0.889 bits per heavy atom. The molecule has 0 spiro atoms. The average molecular weight is 401 g/mol. The molecule has 0 radical (unpaired) electrons. The van der Waals surface area contributed by atoms with E-state index in [0.717, 1.165) is 16.8 Å². The Morgan fingerprint density at radius 3 is 2.22 bits per heavy atom. The van der Waals surface area contributed by atoms with Gasteiger partial charge in [0.15, 0.2) is 11.5 Å². The minimum atomic E-state index is 0.430. The highest BCUT2D eigenvalue weighted by Crippen LogP contribution is 2.28. The number of benzene rings is 3. The number of rotatable bonds is 7. The third-order valence-electron chi connectivity index (χ3n) is 3.75. The second kappa shape index (κ2) is 9.31. The summed E-state index contributed by atoms with van der Waals surface area (Å²) < 4.78 is 11.3. The molecule has 0 aliphatic rings. The lowest BCUT2D eigenvalue weighted by Gasteiger charge is -2.11. The molecule has 0 heterocycles. The van der Waals surface area contributed by atoms with Gasteiger partial charge in [0.1, 0.15) is 6.61 Å². The minimum Gasteiger partial charge on any atom is -0.493 e. The van der Waals surface area contributed by atoms with Crippen molar-refractivity contribution in [2.75, 3.05) is 12.5 Å². The molecule has 0 bridgehead atoms. The van der Waals surface area contributed by atoms with Crippen molar-refractivity contribution in [3.8, 4) is 11.5 Å². The second-order valence-electron chi connectivity index (χ2n) is 5.70. The van der Waals surface area contributed by atoms with Crippen LogP contribution in [0.5, 0.6) is 11.5 Å². The van der Waals surface area contributed by atoms with Gasteiger partial charge in [-0.25, -0.2) is 0 Å². The van der Waals surface area contributed by atoms with Crippen LogP contribution in [0.15, 0.2) is 71.8 Å². The van der Waals surface area contributed by atoms with Gasteiger partial charge in [0.2, 0.25) is 0 Å². The zero-order valence-corrected chi connectivity index (χ0v) is 16.2. The van der Waals surface area contributed by atoms with E-state index < -0.39 is 0 Å². The fourth-order valence-electron chi connectivity index (χ4n) is 2.33. The van der Waals surface area contributed by atoms with Crippen LogP contribution in [0.25, 0.3) is 0 Å². The van der Waals surface area contributed by atoms with E-state index in [-0.39, 0.29) is 0 Å². The van der Waals surface area contributed by atoms with Crippen LogP contribution in [-0.4, -0.2) is 13.3 Å². The van der Waals surface area contributed by atoms with Gasteiger partial charge in [-0.1, -0.05) is 35.3 Å². The predicted octanol–water partition coefficient (Wildman–Crippen LogP) is 6.03. The summed E-state index contributed by atoms with van der Waals surface area (Å²) in [5, 5.41) is 5.61. The first-order valence-electron chi connectivity index (χ1n) is 8.24. The highest BCUT2D eigenvalue weighted by atomic mass is 35.5. The Kier molecular flexibility index (Phi) is 6.58. The number of hydrogen-bond acceptors (Lipinski definition) is 4. The number of nitrogens with one attached hydrogen (secondary N) is 1. The van der Waals surface area contributed by atoms with Gasteiger partial charge in [0.05, 0.1) is 19.0 Å². The molecule has 27 heavy (non-hydrogen) atoms. The summed E-state index contributed by atoms with van der Waals surface area (Å²) >= 11 is 11.8. The summed E-state index contributed by atoms with van der Waals surface area (Å²) in [4.78, 5) is 0. The Balaban J connectivity index is 1.63. The maximum Gasteiger partial charge on any atom is 0.161 e. The van der Waals surface area contributed by atoms with E-state index in [9.17, 15) is 0 Å².